The number of hydrogen-bond donors (Lipinski definition) is 1. The Kier molecular flexibility index (Phi) is 3.08. The lowest BCUT2D eigenvalue weighted by atomic mass is 9.87. The van der Waals surface area contributed by atoms with Crippen LogP contribution < -0.4 is 5.32 Å². The summed E-state index contributed by atoms with van der Waals surface area (Å²) in [6, 6.07) is 1.84. The Hall–Kier alpha value is -1.95. The van der Waals surface area contributed by atoms with Gasteiger partial charge in [0.1, 0.15) is 11.2 Å². The van der Waals surface area contributed by atoms with E-state index in [-0.39, 0.29) is 17.7 Å². The first kappa shape index (κ1) is 15.0. The molecule has 118 valence electrons. The van der Waals surface area contributed by atoms with Crippen molar-refractivity contribution in [2.24, 2.45) is 5.92 Å². The normalized spacial score (nSPS) is 29.8. The monoisotopic (exact) mass is 303 g/mol. The fraction of sp³-hybridized carbons (Fsp3) is 0.562. The molecule has 3 heterocycles. The molecular formula is C16H21N3O3. The second-order valence-corrected chi connectivity index (χ2v) is 6.34. The van der Waals surface area contributed by atoms with Crippen molar-refractivity contribution in [3.63, 3.8) is 0 Å². The zero-order valence-corrected chi connectivity index (χ0v) is 13.6. The highest BCUT2D eigenvalue weighted by Crippen LogP contribution is 2.48. The smallest absolute Gasteiger partial charge is 0.270 e. The molecule has 2 amide bonds. The zero-order valence-electron chi connectivity index (χ0n) is 13.6. The van der Waals surface area contributed by atoms with E-state index in [1.165, 1.54) is 12.0 Å². The van der Waals surface area contributed by atoms with Crippen LogP contribution in [0.1, 0.15) is 49.3 Å². The Morgan fingerprint density at radius 2 is 2.09 bits per heavy atom. The average Bonchev–Trinajstić information content (AvgIpc) is 2.89. The summed E-state index contributed by atoms with van der Waals surface area (Å²) < 4.78 is 5.62. The molecule has 0 saturated carbocycles. The van der Waals surface area contributed by atoms with Crippen molar-refractivity contribution in [3.8, 4) is 0 Å². The van der Waals surface area contributed by atoms with Crippen LogP contribution in [-0.2, 0) is 21.8 Å². The van der Waals surface area contributed by atoms with Crippen LogP contribution >= 0.6 is 0 Å². The molecule has 0 aromatic carbocycles. The number of carbonyl (C=O) groups excluding carboxylic acids is 2. The van der Waals surface area contributed by atoms with Crippen molar-refractivity contribution in [3.05, 3.63) is 29.1 Å². The summed E-state index contributed by atoms with van der Waals surface area (Å²) in [6.07, 6.45) is 2.52. The van der Waals surface area contributed by atoms with E-state index in [9.17, 15) is 9.59 Å². The molecule has 0 radical (unpaired) electrons. The van der Waals surface area contributed by atoms with E-state index in [0.717, 1.165) is 12.0 Å². The van der Waals surface area contributed by atoms with Crippen LogP contribution in [-0.4, -0.2) is 34.3 Å². The maximum Gasteiger partial charge on any atom is 0.270 e. The molecule has 1 fully saturated rings. The van der Waals surface area contributed by atoms with Gasteiger partial charge < -0.3 is 10.1 Å². The first-order valence-corrected chi connectivity index (χ1v) is 7.54. The highest BCUT2D eigenvalue weighted by Gasteiger charge is 2.68. The van der Waals surface area contributed by atoms with Crippen molar-refractivity contribution < 1.29 is 14.3 Å². The summed E-state index contributed by atoms with van der Waals surface area (Å²) >= 11 is 0. The summed E-state index contributed by atoms with van der Waals surface area (Å²) in [5.74, 6) is -1.79. The van der Waals surface area contributed by atoms with Crippen LogP contribution in [0, 0.1) is 5.92 Å². The number of carbonyl (C=O) groups is 2. The van der Waals surface area contributed by atoms with E-state index in [2.05, 4.69) is 10.3 Å². The van der Waals surface area contributed by atoms with Gasteiger partial charge in [-0.1, -0.05) is 20.8 Å². The maximum absolute atomic E-state index is 13.0. The van der Waals surface area contributed by atoms with E-state index >= 15 is 0 Å². The van der Waals surface area contributed by atoms with Gasteiger partial charge in [0.25, 0.3) is 11.8 Å². The Bertz CT molecular complexity index is 673. The van der Waals surface area contributed by atoms with Gasteiger partial charge in [-0.15, -0.1) is 0 Å². The van der Waals surface area contributed by atoms with E-state index in [1.54, 1.807) is 13.1 Å². The first-order chi connectivity index (χ1) is 10.3. The maximum atomic E-state index is 13.0. The minimum Gasteiger partial charge on any atom is -0.336 e. The molecule has 1 aromatic heterocycles. The lowest BCUT2D eigenvalue weighted by molar-refractivity contribution is -0.136. The first-order valence-electron chi connectivity index (χ1n) is 7.54. The number of aromatic nitrogens is 1. The van der Waals surface area contributed by atoms with Gasteiger partial charge in [0.2, 0.25) is 5.91 Å². The van der Waals surface area contributed by atoms with Crippen molar-refractivity contribution in [1.82, 2.24) is 15.2 Å². The number of hydrogen-bond acceptors (Lipinski definition) is 4. The number of pyridine rings is 1. The predicted molar refractivity (Wildman–Crippen MR) is 79.9 cm³/mol. The number of nitrogens with zero attached hydrogens (tertiary/aromatic N) is 2. The molecule has 1 aromatic rings. The number of ether oxygens (including phenoxy) is 1. The highest BCUT2D eigenvalue weighted by molar-refractivity contribution is 6.06. The van der Waals surface area contributed by atoms with Crippen LogP contribution in [0.15, 0.2) is 12.3 Å². The van der Waals surface area contributed by atoms with Crippen LogP contribution in [0.5, 0.6) is 0 Å². The summed E-state index contributed by atoms with van der Waals surface area (Å²) in [7, 11) is 1.48. The molecule has 0 aliphatic carbocycles. The fourth-order valence-corrected chi connectivity index (χ4v) is 3.30. The number of rotatable bonds is 3. The largest absolute Gasteiger partial charge is 0.336 e. The molecule has 22 heavy (non-hydrogen) atoms. The van der Waals surface area contributed by atoms with Crippen molar-refractivity contribution >= 4 is 11.8 Å². The van der Waals surface area contributed by atoms with E-state index in [1.807, 2.05) is 26.8 Å². The second-order valence-electron chi connectivity index (χ2n) is 6.34. The standard InChI is InChI=1S/C16H21N3O3/c1-6-10-7-11-12(17-8-10)16(22-5)18-14(21)15(4,9(2)3)19(16)13(11)20/h7-9H,6H2,1-5H3,(H,18,21). The van der Waals surface area contributed by atoms with Crippen molar-refractivity contribution in [1.29, 1.82) is 0 Å². The molecule has 2 atom stereocenters. The number of aryl methyl sites for hydroxylation is 1. The van der Waals surface area contributed by atoms with Crippen molar-refractivity contribution in [2.45, 2.75) is 45.5 Å². The molecule has 1 saturated heterocycles. The number of methoxy groups -OCH3 is 1. The topological polar surface area (TPSA) is 71.5 Å². The molecule has 0 spiro atoms. The van der Waals surface area contributed by atoms with Gasteiger partial charge in [0.15, 0.2) is 0 Å². The van der Waals surface area contributed by atoms with E-state index < -0.39 is 11.4 Å². The quantitative estimate of drug-likeness (QED) is 0.916. The number of nitrogens with one attached hydrogen (secondary N) is 1. The lowest BCUT2D eigenvalue weighted by Crippen LogP contribution is -2.56. The second kappa shape index (κ2) is 4.52. The molecule has 0 bridgehead atoms. The summed E-state index contributed by atoms with van der Waals surface area (Å²) in [4.78, 5) is 31.5. The molecule has 6 heteroatoms. The fourth-order valence-electron chi connectivity index (χ4n) is 3.30. The van der Waals surface area contributed by atoms with Gasteiger partial charge in [-0.2, -0.15) is 0 Å². The van der Waals surface area contributed by atoms with E-state index in [4.69, 9.17) is 4.74 Å². The Morgan fingerprint density at radius 3 is 2.64 bits per heavy atom. The molecule has 2 aliphatic heterocycles. The Morgan fingerprint density at radius 1 is 1.41 bits per heavy atom. The lowest BCUT2D eigenvalue weighted by Gasteiger charge is -2.38. The summed E-state index contributed by atoms with van der Waals surface area (Å²) in [5.41, 5.74) is 0.986. The van der Waals surface area contributed by atoms with Gasteiger partial charge in [0.05, 0.1) is 5.56 Å². The SMILES string of the molecule is CCc1cnc2c(c1)C(=O)N1C2(OC)NC(=O)C1(C)C(C)C. The Labute approximate surface area is 129 Å². The minimum absolute atomic E-state index is 0.0616. The summed E-state index contributed by atoms with van der Waals surface area (Å²) in [5, 5.41) is 2.86. The third-order valence-corrected chi connectivity index (χ3v) is 5.05. The summed E-state index contributed by atoms with van der Waals surface area (Å²) in [6.45, 7) is 7.63. The third kappa shape index (κ3) is 1.50. The van der Waals surface area contributed by atoms with Crippen LogP contribution in [0.2, 0.25) is 0 Å². The molecular weight excluding hydrogens is 282 g/mol. The highest BCUT2D eigenvalue weighted by atomic mass is 16.5. The van der Waals surface area contributed by atoms with Gasteiger partial charge in [-0.05, 0) is 30.9 Å². The van der Waals surface area contributed by atoms with Gasteiger partial charge in [-0.25, -0.2) is 0 Å². The number of amides is 2. The van der Waals surface area contributed by atoms with Crippen LogP contribution in [0.3, 0.4) is 0 Å². The molecule has 1 N–H and O–H groups in total. The minimum atomic E-state index is -1.30. The van der Waals surface area contributed by atoms with Gasteiger partial charge >= 0.3 is 0 Å². The molecule has 3 rings (SSSR count). The van der Waals surface area contributed by atoms with E-state index in [0.29, 0.717) is 11.3 Å². The zero-order chi connectivity index (χ0) is 16.3. The molecule has 6 nitrogen and oxygen atoms in total. The average molecular weight is 303 g/mol. The number of fused-ring (bicyclic) bond motifs is 3. The predicted octanol–water partition coefficient (Wildman–Crippen LogP) is 1.40. The van der Waals surface area contributed by atoms with Gasteiger partial charge in [0, 0.05) is 13.3 Å². The van der Waals surface area contributed by atoms with Crippen molar-refractivity contribution in [2.75, 3.05) is 7.11 Å². The third-order valence-electron chi connectivity index (χ3n) is 5.05. The molecule has 2 unspecified atom stereocenters. The van der Waals surface area contributed by atoms with Gasteiger partial charge in [-0.3, -0.25) is 19.5 Å². The van der Waals surface area contributed by atoms with Crippen LogP contribution in [0.25, 0.3) is 0 Å². The van der Waals surface area contributed by atoms with Crippen LogP contribution in [0.4, 0.5) is 0 Å². The Balaban J connectivity index is 2.25. The molecule has 2 aliphatic rings.